The smallest absolute Gasteiger partial charge is 0.253 e. The van der Waals surface area contributed by atoms with Crippen LogP contribution < -0.4 is 5.56 Å². The lowest BCUT2D eigenvalue weighted by molar-refractivity contribution is 0.508. The minimum absolute atomic E-state index is 0.0194. The van der Waals surface area contributed by atoms with Crippen molar-refractivity contribution < 1.29 is 8.78 Å². The Labute approximate surface area is 108 Å². The summed E-state index contributed by atoms with van der Waals surface area (Å²) in [5, 5.41) is 7.85. The van der Waals surface area contributed by atoms with Gasteiger partial charge in [-0.2, -0.15) is 0 Å². The third-order valence-electron chi connectivity index (χ3n) is 2.81. The summed E-state index contributed by atoms with van der Waals surface area (Å²) in [5.41, 5.74) is 0.675. The Kier molecular flexibility index (Phi) is 3.55. The molecule has 0 saturated heterocycles. The molecule has 0 amide bonds. The van der Waals surface area contributed by atoms with Crippen molar-refractivity contribution in [1.82, 2.24) is 4.57 Å². The van der Waals surface area contributed by atoms with Crippen LogP contribution in [0.2, 0.25) is 0 Å². The summed E-state index contributed by atoms with van der Waals surface area (Å²) < 4.78 is 27.2. The molecule has 0 unspecified atom stereocenters. The highest BCUT2D eigenvalue weighted by molar-refractivity contribution is 5.98. The number of pyridine rings is 1. The SMILES string of the molecule is Cc1cccn(CC(=N)c2ccc(F)c(F)c2)c1=O. The molecule has 0 aliphatic rings. The van der Waals surface area contributed by atoms with Crippen LogP contribution in [0, 0.1) is 24.0 Å². The Morgan fingerprint density at radius 1 is 1.26 bits per heavy atom. The van der Waals surface area contributed by atoms with Gasteiger partial charge in [0.05, 0.1) is 12.3 Å². The maximum absolute atomic E-state index is 13.1. The van der Waals surface area contributed by atoms with Gasteiger partial charge >= 0.3 is 0 Å². The van der Waals surface area contributed by atoms with Gasteiger partial charge in [-0.25, -0.2) is 8.78 Å². The predicted molar refractivity (Wildman–Crippen MR) is 68.6 cm³/mol. The monoisotopic (exact) mass is 262 g/mol. The Morgan fingerprint density at radius 3 is 2.68 bits per heavy atom. The first-order valence-corrected chi connectivity index (χ1v) is 5.68. The van der Waals surface area contributed by atoms with Gasteiger partial charge in [-0.05, 0) is 31.2 Å². The van der Waals surface area contributed by atoms with Gasteiger partial charge in [0.25, 0.3) is 5.56 Å². The minimum Gasteiger partial charge on any atom is -0.309 e. The van der Waals surface area contributed by atoms with Gasteiger partial charge in [0.2, 0.25) is 0 Å². The molecule has 0 atom stereocenters. The van der Waals surface area contributed by atoms with Crippen LogP contribution in [0.15, 0.2) is 41.3 Å². The molecule has 2 aromatic rings. The fourth-order valence-electron chi connectivity index (χ4n) is 1.73. The molecule has 0 aliphatic heterocycles. The van der Waals surface area contributed by atoms with E-state index in [1.54, 1.807) is 25.3 Å². The van der Waals surface area contributed by atoms with Gasteiger partial charge in [-0.15, -0.1) is 0 Å². The standard InChI is InChI=1S/C14H12F2N2O/c1-9-3-2-6-18(14(9)19)8-13(17)10-4-5-11(15)12(16)7-10/h2-7,17H,8H2,1H3. The molecule has 0 spiro atoms. The fourth-order valence-corrected chi connectivity index (χ4v) is 1.73. The first-order valence-electron chi connectivity index (χ1n) is 5.68. The molecular weight excluding hydrogens is 250 g/mol. The van der Waals surface area contributed by atoms with Gasteiger partial charge in [-0.1, -0.05) is 6.07 Å². The predicted octanol–water partition coefficient (Wildman–Crippen LogP) is 2.50. The van der Waals surface area contributed by atoms with Crippen molar-refractivity contribution in [3.8, 4) is 0 Å². The van der Waals surface area contributed by atoms with Crippen molar-refractivity contribution in [3.63, 3.8) is 0 Å². The second kappa shape index (κ2) is 5.14. The topological polar surface area (TPSA) is 45.9 Å². The summed E-state index contributed by atoms with van der Waals surface area (Å²) in [7, 11) is 0. The molecule has 19 heavy (non-hydrogen) atoms. The number of halogens is 2. The average Bonchev–Trinajstić information content (AvgIpc) is 2.38. The van der Waals surface area contributed by atoms with E-state index in [2.05, 4.69) is 0 Å². The molecule has 98 valence electrons. The Bertz CT molecular complexity index is 692. The quantitative estimate of drug-likeness (QED) is 0.849. The van der Waals surface area contributed by atoms with Crippen LogP contribution in [-0.2, 0) is 6.54 Å². The number of benzene rings is 1. The first-order chi connectivity index (χ1) is 8.99. The average molecular weight is 262 g/mol. The summed E-state index contributed by atoms with van der Waals surface area (Å²) in [4.78, 5) is 11.8. The molecular formula is C14H12F2N2O. The first kappa shape index (κ1) is 13.1. The highest BCUT2D eigenvalue weighted by Gasteiger charge is 2.08. The Balaban J connectivity index is 2.28. The van der Waals surface area contributed by atoms with E-state index in [-0.39, 0.29) is 23.4 Å². The van der Waals surface area contributed by atoms with Crippen LogP contribution in [0.1, 0.15) is 11.1 Å². The van der Waals surface area contributed by atoms with E-state index in [0.717, 1.165) is 12.1 Å². The second-order valence-electron chi connectivity index (χ2n) is 4.23. The van der Waals surface area contributed by atoms with E-state index < -0.39 is 11.6 Å². The molecule has 0 fully saturated rings. The number of hydrogen-bond donors (Lipinski definition) is 1. The Morgan fingerprint density at radius 2 is 2.00 bits per heavy atom. The normalized spacial score (nSPS) is 10.5. The van der Waals surface area contributed by atoms with Crippen molar-refractivity contribution in [3.05, 3.63) is 69.6 Å². The van der Waals surface area contributed by atoms with Gasteiger partial charge in [0.15, 0.2) is 11.6 Å². The van der Waals surface area contributed by atoms with Gasteiger partial charge in [0.1, 0.15) is 0 Å². The lowest BCUT2D eigenvalue weighted by Crippen LogP contribution is -2.25. The summed E-state index contributed by atoms with van der Waals surface area (Å²) in [5.74, 6) is -1.96. The van der Waals surface area contributed by atoms with Crippen molar-refractivity contribution in [2.24, 2.45) is 0 Å². The molecule has 0 bridgehead atoms. The summed E-state index contributed by atoms with van der Waals surface area (Å²) in [6, 6.07) is 6.63. The van der Waals surface area contributed by atoms with E-state index in [4.69, 9.17) is 5.41 Å². The third kappa shape index (κ3) is 2.76. The largest absolute Gasteiger partial charge is 0.309 e. The molecule has 1 aromatic carbocycles. The zero-order chi connectivity index (χ0) is 14.0. The summed E-state index contributed by atoms with van der Waals surface area (Å²) in [6.45, 7) is 1.70. The lowest BCUT2D eigenvalue weighted by Gasteiger charge is -2.08. The van der Waals surface area contributed by atoms with Crippen molar-refractivity contribution in [2.45, 2.75) is 13.5 Å². The van der Waals surface area contributed by atoms with E-state index in [1.165, 1.54) is 10.6 Å². The Hall–Kier alpha value is -2.30. The second-order valence-corrected chi connectivity index (χ2v) is 4.23. The fraction of sp³-hybridized carbons (Fsp3) is 0.143. The molecule has 0 radical (unpaired) electrons. The molecule has 1 N–H and O–H groups in total. The van der Waals surface area contributed by atoms with Crippen LogP contribution in [0.5, 0.6) is 0 Å². The van der Waals surface area contributed by atoms with Gasteiger partial charge in [-0.3, -0.25) is 4.79 Å². The maximum atomic E-state index is 13.1. The number of hydrogen-bond acceptors (Lipinski definition) is 2. The van der Waals surface area contributed by atoms with Crippen molar-refractivity contribution in [2.75, 3.05) is 0 Å². The number of aryl methyl sites for hydroxylation is 1. The number of nitrogens with one attached hydrogen (secondary N) is 1. The minimum atomic E-state index is -1.00. The molecule has 0 aliphatic carbocycles. The molecule has 3 nitrogen and oxygen atoms in total. The lowest BCUT2D eigenvalue weighted by atomic mass is 10.1. The van der Waals surface area contributed by atoms with Crippen molar-refractivity contribution in [1.29, 1.82) is 5.41 Å². The molecule has 5 heteroatoms. The highest BCUT2D eigenvalue weighted by Crippen LogP contribution is 2.09. The van der Waals surface area contributed by atoms with Crippen LogP contribution in [0.3, 0.4) is 0 Å². The summed E-state index contributed by atoms with van der Waals surface area (Å²) >= 11 is 0. The van der Waals surface area contributed by atoms with Crippen LogP contribution in [0.25, 0.3) is 0 Å². The number of rotatable bonds is 3. The van der Waals surface area contributed by atoms with Crippen LogP contribution >= 0.6 is 0 Å². The van der Waals surface area contributed by atoms with Crippen LogP contribution in [0.4, 0.5) is 8.78 Å². The van der Waals surface area contributed by atoms with Crippen molar-refractivity contribution >= 4 is 5.71 Å². The van der Waals surface area contributed by atoms with E-state index in [0.29, 0.717) is 5.56 Å². The van der Waals surface area contributed by atoms with Gasteiger partial charge < -0.3 is 9.98 Å². The molecule has 2 rings (SSSR count). The third-order valence-corrected chi connectivity index (χ3v) is 2.81. The van der Waals surface area contributed by atoms with E-state index in [9.17, 15) is 13.6 Å². The van der Waals surface area contributed by atoms with E-state index >= 15 is 0 Å². The molecule has 0 saturated carbocycles. The number of nitrogens with zero attached hydrogens (tertiary/aromatic N) is 1. The zero-order valence-corrected chi connectivity index (χ0v) is 10.3. The molecule has 1 aromatic heterocycles. The zero-order valence-electron chi connectivity index (χ0n) is 10.3. The molecule has 1 heterocycles. The van der Waals surface area contributed by atoms with E-state index in [1.807, 2.05) is 0 Å². The van der Waals surface area contributed by atoms with Crippen LogP contribution in [-0.4, -0.2) is 10.3 Å². The highest BCUT2D eigenvalue weighted by atomic mass is 19.2. The van der Waals surface area contributed by atoms with Gasteiger partial charge in [0, 0.05) is 17.3 Å². The number of aromatic nitrogens is 1. The summed E-state index contributed by atoms with van der Waals surface area (Å²) in [6.07, 6.45) is 1.56. The maximum Gasteiger partial charge on any atom is 0.253 e.